The molecular formula is C18H29N3OS. The van der Waals surface area contributed by atoms with Crippen LogP contribution in [0.1, 0.15) is 26.7 Å². The second kappa shape index (κ2) is 9.71. The number of aliphatic imine (C=N–C) groups is 1. The molecule has 1 saturated carbocycles. The number of methoxy groups -OCH3 is 1. The van der Waals surface area contributed by atoms with Crippen LogP contribution in [0.4, 0.5) is 0 Å². The summed E-state index contributed by atoms with van der Waals surface area (Å²) in [5.41, 5.74) is 0. The van der Waals surface area contributed by atoms with E-state index in [9.17, 15) is 0 Å². The van der Waals surface area contributed by atoms with E-state index in [1.165, 1.54) is 17.7 Å². The van der Waals surface area contributed by atoms with E-state index < -0.39 is 0 Å². The van der Waals surface area contributed by atoms with Crippen LogP contribution in [-0.2, 0) is 0 Å². The molecule has 0 spiro atoms. The molecular weight excluding hydrogens is 306 g/mol. The Kier molecular flexibility index (Phi) is 7.59. The van der Waals surface area contributed by atoms with E-state index in [-0.39, 0.29) is 0 Å². The maximum Gasteiger partial charge on any atom is 0.191 e. The summed E-state index contributed by atoms with van der Waals surface area (Å²) in [7, 11) is 1.72. The summed E-state index contributed by atoms with van der Waals surface area (Å²) in [6.45, 7) is 7.14. The first-order valence-electron chi connectivity index (χ1n) is 8.51. The minimum absolute atomic E-state index is 0.515. The van der Waals surface area contributed by atoms with Crippen molar-refractivity contribution in [3.8, 4) is 5.75 Å². The van der Waals surface area contributed by atoms with Gasteiger partial charge in [-0.1, -0.05) is 19.1 Å². The smallest absolute Gasteiger partial charge is 0.191 e. The first kappa shape index (κ1) is 18.0. The SMILES string of the molecule is CCNC(=NCC(C)CSc1ccccc1OC)NCC1CC1. The second-order valence-electron chi connectivity index (χ2n) is 6.11. The van der Waals surface area contributed by atoms with Gasteiger partial charge in [-0.15, -0.1) is 11.8 Å². The van der Waals surface area contributed by atoms with Crippen LogP contribution in [0.5, 0.6) is 5.75 Å². The van der Waals surface area contributed by atoms with Crippen LogP contribution < -0.4 is 15.4 Å². The normalized spacial score (nSPS) is 16.0. The number of hydrogen-bond donors (Lipinski definition) is 2. The highest BCUT2D eigenvalue weighted by molar-refractivity contribution is 7.99. The Bertz CT molecular complexity index is 503. The summed E-state index contributed by atoms with van der Waals surface area (Å²) in [5, 5.41) is 6.77. The molecule has 1 aromatic carbocycles. The van der Waals surface area contributed by atoms with E-state index in [0.717, 1.165) is 43.0 Å². The molecule has 0 radical (unpaired) electrons. The molecule has 1 aromatic rings. The standard InChI is InChI=1S/C18H29N3OS/c1-4-19-18(21-12-15-9-10-15)20-11-14(2)13-23-17-8-6-5-7-16(17)22-3/h5-8,14-15H,4,9-13H2,1-3H3,(H2,19,20,21). The third kappa shape index (κ3) is 6.73. The molecule has 1 aliphatic rings. The summed E-state index contributed by atoms with van der Waals surface area (Å²) in [4.78, 5) is 5.92. The summed E-state index contributed by atoms with van der Waals surface area (Å²) in [5.74, 6) is 4.31. The van der Waals surface area contributed by atoms with Crippen molar-refractivity contribution in [2.45, 2.75) is 31.6 Å². The van der Waals surface area contributed by atoms with Crippen molar-refractivity contribution < 1.29 is 4.74 Å². The fourth-order valence-electron chi connectivity index (χ4n) is 2.17. The number of hydrogen-bond acceptors (Lipinski definition) is 3. The maximum atomic E-state index is 5.40. The molecule has 2 N–H and O–H groups in total. The van der Waals surface area contributed by atoms with E-state index in [1.807, 2.05) is 23.9 Å². The third-order valence-corrected chi connectivity index (χ3v) is 5.14. The lowest BCUT2D eigenvalue weighted by Gasteiger charge is -2.14. The van der Waals surface area contributed by atoms with Crippen LogP contribution in [0, 0.1) is 11.8 Å². The Balaban J connectivity index is 1.77. The zero-order chi connectivity index (χ0) is 16.5. The molecule has 23 heavy (non-hydrogen) atoms. The maximum absolute atomic E-state index is 5.40. The Morgan fingerprint density at radius 2 is 2.13 bits per heavy atom. The molecule has 1 unspecified atom stereocenters. The molecule has 4 nitrogen and oxygen atoms in total. The summed E-state index contributed by atoms with van der Waals surface area (Å²) < 4.78 is 5.40. The van der Waals surface area contributed by atoms with Gasteiger partial charge in [0.05, 0.1) is 7.11 Å². The fourth-order valence-corrected chi connectivity index (χ4v) is 3.21. The summed E-state index contributed by atoms with van der Waals surface area (Å²) in [6.07, 6.45) is 2.72. The summed E-state index contributed by atoms with van der Waals surface area (Å²) >= 11 is 1.84. The van der Waals surface area contributed by atoms with Gasteiger partial charge in [0.15, 0.2) is 5.96 Å². The van der Waals surface area contributed by atoms with Gasteiger partial charge in [0.25, 0.3) is 0 Å². The summed E-state index contributed by atoms with van der Waals surface area (Å²) in [6, 6.07) is 8.18. The lowest BCUT2D eigenvalue weighted by atomic mass is 10.2. The van der Waals surface area contributed by atoms with Gasteiger partial charge >= 0.3 is 0 Å². The zero-order valence-corrected chi connectivity index (χ0v) is 15.3. The average Bonchev–Trinajstić information content (AvgIpc) is 3.40. The number of para-hydroxylation sites is 1. The molecule has 128 valence electrons. The van der Waals surface area contributed by atoms with Crippen molar-refractivity contribution in [3.63, 3.8) is 0 Å². The Morgan fingerprint density at radius 3 is 2.83 bits per heavy atom. The van der Waals surface area contributed by atoms with Gasteiger partial charge in [0, 0.05) is 30.3 Å². The lowest BCUT2D eigenvalue weighted by molar-refractivity contribution is 0.405. The van der Waals surface area contributed by atoms with E-state index in [2.05, 4.69) is 36.6 Å². The topological polar surface area (TPSA) is 45.7 Å². The number of rotatable bonds is 9. The lowest BCUT2D eigenvalue weighted by Crippen LogP contribution is -2.38. The number of nitrogens with zero attached hydrogens (tertiary/aromatic N) is 1. The van der Waals surface area contributed by atoms with Crippen molar-refractivity contribution in [3.05, 3.63) is 24.3 Å². The van der Waals surface area contributed by atoms with E-state index in [1.54, 1.807) is 7.11 Å². The molecule has 0 aliphatic heterocycles. The fraction of sp³-hybridized carbons (Fsp3) is 0.611. The highest BCUT2D eigenvalue weighted by Gasteiger charge is 2.21. The monoisotopic (exact) mass is 335 g/mol. The number of guanidine groups is 1. The Hall–Kier alpha value is -1.36. The van der Waals surface area contributed by atoms with Crippen molar-refractivity contribution >= 4 is 17.7 Å². The van der Waals surface area contributed by atoms with Gasteiger partial charge in [-0.25, -0.2) is 0 Å². The molecule has 2 rings (SSSR count). The highest BCUT2D eigenvalue weighted by Crippen LogP contribution is 2.30. The van der Waals surface area contributed by atoms with Gasteiger partial charge in [-0.2, -0.15) is 0 Å². The van der Waals surface area contributed by atoms with Crippen molar-refractivity contribution in [2.24, 2.45) is 16.8 Å². The van der Waals surface area contributed by atoms with Crippen molar-refractivity contribution in [1.29, 1.82) is 0 Å². The van der Waals surface area contributed by atoms with Crippen LogP contribution in [0.2, 0.25) is 0 Å². The minimum Gasteiger partial charge on any atom is -0.496 e. The highest BCUT2D eigenvalue weighted by atomic mass is 32.2. The van der Waals surface area contributed by atoms with Crippen LogP contribution in [0.3, 0.4) is 0 Å². The number of ether oxygens (including phenoxy) is 1. The van der Waals surface area contributed by atoms with Gasteiger partial charge in [-0.05, 0) is 43.7 Å². The quantitative estimate of drug-likeness (QED) is 0.412. The minimum atomic E-state index is 0.515. The van der Waals surface area contributed by atoms with Gasteiger partial charge < -0.3 is 15.4 Å². The van der Waals surface area contributed by atoms with Crippen molar-refractivity contribution in [2.75, 3.05) is 32.5 Å². The Labute approximate surface area is 144 Å². The van der Waals surface area contributed by atoms with E-state index in [4.69, 9.17) is 9.73 Å². The van der Waals surface area contributed by atoms with Crippen molar-refractivity contribution in [1.82, 2.24) is 10.6 Å². The Morgan fingerprint density at radius 1 is 1.35 bits per heavy atom. The molecule has 0 saturated heterocycles. The first-order valence-corrected chi connectivity index (χ1v) is 9.49. The van der Waals surface area contributed by atoms with Gasteiger partial charge in [-0.3, -0.25) is 4.99 Å². The van der Waals surface area contributed by atoms with Gasteiger partial charge in [0.1, 0.15) is 5.75 Å². The van der Waals surface area contributed by atoms with Crippen LogP contribution in [0.25, 0.3) is 0 Å². The zero-order valence-electron chi connectivity index (χ0n) is 14.5. The molecule has 1 aliphatic carbocycles. The number of benzene rings is 1. The van der Waals surface area contributed by atoms with Crippen LogP contribution >= 0.6 is 11.8 Å². The predicted molar refractivity (Wildman–Crippen MR) is 99.6 cm³/mol. The van der Waals surface area contributed by atoms with E-state index in [0.29, 0.717) is 5.92 Å². The molecule has 1 atom stereocenters. The predicted octanol–water partition coefficient (Wildman–Crippen LogP) is 3.39. The number of nitrogens with one attached hydrogen (secondary N) is 2. The molecule has 1 fully saturated rings. The largest absolute Gasteiger partial charge is 0.496 e. The first-order chi connectivity index (χ1) is 11.2. The molecule has 0 amide bonds. The van der Waals surface area contributed by atoms with Gasteiger partial charge in [0.2, 0.25) is 0 Å². The molecule has 5 heteroatoms. The van der Waals surface area contributed by atoms with E-state index >= 15 is 0 Å². The third-order valence-electron chi connectivity index (χ3n) is 3.75. The second-order valence-corrected chi connectivity index (χ2v) is 7.17. The molecule has 0 heterocycles. The molecule has 0 bridgehead atoms. The van der Waals surface area contributed by atoms with Crippen LogP contribution in [-0.4, -0.2) is 38.5 Å². The number of thioether (sulfide) groups is 1. The average molecular weight is 336 g/mol. The molecule has 0 aromatic heterocycles. The van der Waals surface area contributed by atoms with Crippen LogP contribution in [0.15, 0.2) is 34.2 Å².